The number of methoxy groups -OCH3 is 1. The second-order valence-corrected chi connectivity index (χ2v) is 4.83. The number of nitrogens with one attached hydrogen (secondary N) is 2. The molecule has 7 heteroatoms. The summed E-state index contributed by atoms with van der Waals surface area (Å²) in [6, 6.07) is 9.77. The van der Waals surface area contributed by atoms with Crippen LogP contribution in [0.5, 0.6) is 5.75 Å². The van der Waals surface area contributed by atoms with Gasteiger partial charge in [0, 0.05) is 11.8 Å². The maximum Gasteiger partial charge on any atom is 0.288 e. The zero-order chi connectivity index (χ0) is 15.2. The van der Waals surface area contributed by atoms with Gasteiger partial charge in [0.2, 0.25) is 0 Å². The highest BCUT2D eigenvalue weighted by Crippen LogP contribution is 2.25. The van der Waals surface area contributed by atoms with Gasteiger partial charge in [0.25, 0.3) is 11.8 Å². The number of ether oxygens (including phenoxy) is 1. The summed E-state index contributed by atoms with van der Waals surface area (Å²) in [4.78, 5) is 27.5. The molecule has 21 heavy (non-hydrogen) atoms. The van der Waals surface area contributed by atoms with E-state index in [4.69, 9.17) is 4.74 Å². The number of hydrogen-bond donors (Lipinski definition) is 2. The van der Waals surface area contributed by atoms with E-state index in [1.807, 2.05) is 0 Å². The molecule has 1 aromatic carbocycles. The van der Waals surface area contributed by atoms with Crippen molar-refractivity contribution in [1.82, 2.24) is 15.8 Å². The molecular formula is C14H12BrN3O3. The Kier molecular flexibility index (Phi) is 4.89. The normalized spacial score (nSPS) is 9.81. The Bertz CT molecular complexity index is 662. The van der Waals surface area contributed by atoms with Crippen molar-refractivity contribution in [1.29, 1.82) is 0 Å². The molecular weight excluding hydrogens is 338 g/mol. The summed E-state index contributed by atoms with van der Waals surface area (Å²) in [6.07, 6.45) is 1.50. The molecule has 1 aromatic heterocycles. The highest BCUT2D eigenvalue weighted by molar-refractivity contribution is 9.10. The molecule has 0 unspecified atom stereocenters. The minimum atomic E-state index is -0.489. The van der Waals surface area contributed by atoms with Crippen molar-refractivity contribution in [2.75, 3.05) is 7.11 Å². The molecule has 1 heterocycles. The maximum atomic E-state index is 11.9. The van der Waals surface area contributed by atoms with Gasteiger partial charge >= 0.3 is 0 Å². The van der Waals surface area contributed by atoms with Gasteiger partial charge in [-0.1, -0.05) is 6.07 Å². The Balaban J connectivity index is 1.99. The topological polar surface area (TPSA) is 80.3 Å². The van der Waals surface area contributed by atoms with E-state index in [0.717, 1.165) is 0 Å². The molecule has 0 saturated carbocycles. The van der Waals surface area contributed by atoms with Crippen LogP contribution in [0, 0.1) is 0 Å². The largest absolute Gasteiger partial charge is 0.496 e. The van der Waals surface area contributed by atoms with Gasteiger partial charge in [-0.25, -0.2) is 0 Å². The SMILES string of the molecule is COc1ccc(C(=O)NNC(=O)c2ccccn2)cc1Br. The average Bonchev–Trinajstić information content (AvgIpc) is 2.53. The van der Waals surface area contributed by atoms with Crippen molar-refractivity contribution in [2.24, 2.45) is 0 Å². The Morgan fingerprint density at radius 1 is 1.14 bits per heavy atom. The second kappa shape index (κ2) is 6.85. The van der Waals surface area contributed by atoms with Crippen LogP contribution in [0.1, 0.15) is 20.8 Å². The molecule has 2 aromatic rings. The molecule has 6 nitrogen and oxygen atoms in total. The van der Waals surface area contributed by atoms with E-state index >= 15 is 0 Å². The number of aromatic nitrogens is 1. The summed E-state index contributed by atoms with van der Waals surface area (Å²) < 4.78 is 5.73. The zero-order valence-electron chi connectivity index (χ0n) is 11.1. The average molecular weight is 350 g/mol. The van der Waals surface area contributed by atoms with Crippen molar-refractivity contribution in [3.05, 3.63) is 58.3 Å². The quantitative estimate of drug-likeness (QED) is 0.829. The van der Waals surface area contributed by atoms with E-state index in [2.05, 4.69) is 31.8 Å². The van der Waals surface area contributed by atoms with Crippen molar-refractivity contribution >= 4 is 27.7 Å². The summed E-state index contributed by atoms with van der Waals surface area (Å²) in [6.45, 7) is 0. The lowest BCUT2D eigenvalue weighted by Crippen LogP contribution is -2.41. The first-order chi connectivity index (χ1) is 10.1. The second-order valence-electron chi connectivity index (χ2n) is 3.97. The molecule has 2 rings (SSSR count). The minimum Gasteiger partial charge on any atom is -0.496 e. The summed E-state index contributed by atoms with van der Waals surface area (Å²) >= 11 is 3.29. The first-order valence-electron chi connectivity index (χ1n) is 5.97. The fourth-order valence-corrected chi connectivity index (χ4v) is 2.10. The van der Waals surface area contributed by atoms with Gasteiger partial charge in [-0.2, -0.15) is 0 Å². The van der Waals surface area contributed by atoms with Crippen LogP contribution in [0.4, 0.5) is 0 Å². The Morgan fingerprint density at radius 3 is 2.52 bits per heavy atom. The van der Waals surface area contributed by atoms with E-state index < -0.39 is 11.8 Å². The van der Waals surface area contributed by atoms with Crippen LogP contribution >= 0.6 is 15.9 Å². The van der Waals surface area contributed by atoms with Crippen LogP contribution in [0.3, 0.4) is 0 Å². The minimum absolute atomic E-state index is 0.216. The molecule has 0 aliphatic carbocycles. The van der Waals surface area contributed by atoms with Crippen molar-refractivity contribution in [2.45, 2.75) is 0 Å². The zero-order valence-corrected chi connectivity index (χ0v) is 12.7. The number of carbonyl (C=O) groups is 2. The number of hydrogen-bond acceptors (Lipinski definition) is 4. The van der Waals surface area contributed by atoms with Gasteiger partial charge in [0.1, 0.15) is 11.4 Å². The molecule has 2 amide bonds. The van der Waals surface area contributed by atoms with Crippen LogP contribution in [-0.4, -0.2) is 23.9 Å². The van der Waals surface area contributed by atoms with E-state index in [1.54, 1.807) is 36.4 Å². The third kappa shape index (κ3) is 3.79. The summed E-state index contributed by atoms with van der Waals surface area (Å²) in [5.74, 6) is -0.316. The first-order valence-corrected chi connectivity index (χ1v) is 6.76. The van der Waals surface area contributed by atoms with E-state index in [9.17, 15) is 9.59 Å². The number of amides is 2. The van der Waals surface area contributed by atoms with Gasteiger partial charge in [0.05, 0.1) is 11.6 Å². The smallest absolute Gasteiger partial charge is 0.288 e. The number of hydrazine groups is 1. The summed E-state index contributed by atoms with van der Waals surface area (Å²) in [5.41, 5.74) is 5.21. The molecule has 0 radical (unpaired) electrons. The van der Waals surface area contributed by atoms with Crippen LogP contribution in [0.25, 0.3) is 0 Å². The van der Waals surface area contributed by atoms with Crippen LogP contribution in [0.2, 0.25) is 0 Å². The van der Waals surface area contributed by atoms with E-state index in [-0.39, 0.29) is 5.69 Å². The van der Waals surface area contributed by atoms with E-state index in [1.165, 1.54) is 13.3 Å². The number of pyridine rings is 1. The van der Waals surface area contributed by atoms with Gasteiger partial charge < -0.3 is 4.74 Å². The van der Waals surface area contributed by atoms with Gasteiger partial charge in [-0.3, -0.25) is 25.4 Å². The molecule has 0 aliphatic rings. The molecule has 0 saturated heterocycles. The molecule has 0 atom stereocenters. The Labute approximate surface area is 129 Å². The van der Waals surface area contributed by atoms with E-state index in [0.29, 0.717) is 15.8 Å². The Hall–Kier alpha value is -2.41. The predicted octanol–water partition coefficient (Wildman–Crippen LogP) is 1.93. The first kappa shape index (κ1) is 15.0. The monoisotopic (exact) mass is 349 g/mol. The molecule has 2 N–H and O–H groups in total. The van der Waals surface area contributed by atoms with Crippen molar-refractivity contribution < 1.29 is 14.3 Å². The third-order valence-corrected chi connectivity index (χ3v) is 3.22. The fraction of sp³-hybridized carbons (Fsp3) is 0.0714. The number of nitrogens with zero attached hydrogens (tertiary/aromatic N) is 1. The molecule has 0 bridgehead atoms. The predicted molar refractivity (Wildman–Crippen MR) is 79.9 cm³/mol. The number of halogens is 1. The number of carbonyl (C=O) groups excluding carboxylic acids is 2. The lowest BCUT2D eigenvalue weighted by Gasteiger charge is -2.08. The number of rotatable bonds is 3. The molecule has 0 spiro atoms. The Morgan fingerprint density at radius 2 is 1.90 bits per heavy atom. The highest BCUT2D eigenvalue weighted by Gasteiger charge is 2.11. The van der Waals surface area contributed by atoms with Crippen LogP contribution in [0.15, 0.2) is 47.1 Å². The number of benzene rings is 1. The van der Waals surface area contributed by atoms with Crippen LogP contribution < -0.4 is 15.6 Å². The van der Waals surface area contributed by atoms with Crippen molar-refractivity contribution in [3.8, 4) is 5.75 Å². The molecule has 108 valence electrons. The highest BCUT2D eigenvalue weighted by atomic mass is 79.9. The van der Waals surface area contributed by atoms with Crippen LogP contribution in [-0.2, 0) is 0 Å². The summed E-state index contributed by atoms with van der Waals surface area (Å²) in [7, 11) is 1.53. The fourth-order valence-electron chi connectivity index (χ4n) is 1.55. The summed E-state index contributed by atoms with van der Waals surface area (Å²) in [5, 5.41) is 0. The van der Waals surface area contributed by atoms with Gasteiger partial charge in [0.15, 0.2) is 0 Å². The molecule has 0 fully saturated rings. The lowest BCUT2D eigenvalue weighted by molar-refractivity contribution is 0.0844. The third-order valence-electron chi connectivity index (χ3n) is 2.60. The van der Waals surface area contributed by atoms with Crippen molar-refractivity contribution in [3.63, 3.8) is 0 Å². The lowest BCUT2D eigenvalue weighted by atomic mass is 10.2. The van der Waals surface area contributed by atoms with Gasteiger partial charge in [-0.15, -0.1) is 0 Å². The standard InChI is InChI=1S/C14H12BrN3O3/c1-21-12-6-5-9(8-10(12)15)13(19)17-18-14(20)11-4-2-3-7-16-11/h2-8H,1H3,(H,17,19)(H,18,20). The maximum absolute atomic E-state index is 11.9. The molecule has 0 aliphatic heterocycles. The van der Waals surface area contributed by atoms with Gasteiger partial charge in [-0.05, 0) is 46.3 Å².